The number of para-hydroxylation sites is 1. The highest BCUT2D eigenvalue weighted by molar-refractivity contribution is 9.10. The first-order valence-electron chi connectivity index (χ1n) is 8.64. The Morgan fingerprint density at radius 1 is 1.34 bits per heavy atom. The second kappa shape index (κ2) is 6.76. The number of nitrogens with one attached hydrogen (secondary N) is 1. The van der Waals surface area contributed by atoms with Crippen LogP contribution in [0.2, 0.25) is 0 Å². The van der Waals surface area contributed by atoms with Gasteiger partial charge in [-0.2, -0.15) is 0 Å². The second-order valence-electron chi connectivity index (χ2n) is 6.43. The number of fused-ring (bicyclic) bond motifs is 2. The van der Waals surface area contributed by atoms with E-state index in [1.165, 1.54) is 11.2 Å². The maximum atomic E-state index is 13.2. The third kappa shape index (κ3) is 2.84. The van der Waals surface area contributed by atoms with Gasteiger partial charge in [0, 0.05) is 18.7 Å². The van der Waals surface area contributed by atoms with Crippen molar-refractivity contribution in [2.45, 2.75) is 18.9 Å². The minimum absolute atomic E-state index is 0.228. The van der Waals surface area contributed by atoms with Crippen molar-refractivity contribution in [2.75, 3.05) is 6.54 Å². The van der Waals surface area contributed by atoms with Crippen LogP contribution in [0.15, 0.2) is 44.2 Å². The Labute approximate surface area is 170 Å². The summed E-state index contributed by atoms with van der Waals surface area (Å²) in [7, 11) is 0. The number of amides is 1. The van der Waals surface area contributed by atoms with Crippen LogP contribution in [-0.2, 0) is 6.42 Å². The third-order valence-corrected chi connectivity index (χ3v) is 5.42. The number of halogens is 3. The van der Waals surface area contributed by atoms with Crippen molar-refractivity contribution < 1.29 is 22.4 Å². The largest absolute Gasteiger partial charge is 0.438 e. The van der Waals surface area contributed by atoms with E-state index in [0.29, 0.717) is 27.7 Å². The second-order valence-corrected chi connectivity index (χ2v) is 7.28. The molecule has 0 unspecified atom stereocenters. The van der Waals surface area contributed by atoms with Gasteiger partial charge < -0.3 is 18.7 Å². The number of aromatic amines is 1. The van der Waals surface area contributed by atoms with Gasteiger partial charge in [-0.25, -0.2) is 23.7 Å². The summed E-state index contributed by atoms with van der Waals surface area (Å²) in [5.74, 6) is -0.995. The van der Waals surface area contributed by atoms with Gasteiger partial charge in [-0.3, -0.25) is 4.79 Å². The Morgan fingerprint density at radius 2 is 2.21 bits per heavy atom. The molecule has 1 aliphatic rings. The normalized spacial score (nSPS) is 16.6. The summed E-state index contributed by atoms with van der Waals surface area (Å²) < 4.78 is 38.1. The first-order chi connectivity index (χ1) is 14.0. The van der Waals surface area contributed by atoms with E-state index in [1.807, 2.05) is 12.1 Å². The quantitative estimate of drug-likeness (QED) is 0.492. The fourth-order valence-electron chi connectivity index (χ4n) is 3.50. The summed E-state index contributed by atoms with van der Waals surface area (Å²) in [4.78, 5) is 29.8. The zero-order chi connectivity index (χ0) is 20.1. The molecule has 148 valence electrons. The number of H-pyrrole nitrogens is 1. The first kappa shape index (κ1) is 18.0. The van der Waals surface area contributed by atoms with Crippen molar-refractivity contribution >= 4 is 32.9 Å². The van der Waals surface area contributed by atoms with Crippen LogP contribution in [0.1, 0.15) is 46.0 Å². The molecule has 3 aromatic heterocycles. The fraction of sp³-hybridized carbons (Fsp3) is 0.222. The minimum Gasteiger partial charge on any atom is -0.438 e. The molecule has 4 heterocycles. The van der Waals surface area contributed by atoms with Crippen molar-refractivity contribution in [1.82, 2.24) is 24.8 Å². The summed E-state index contributed by atoms with van der Waals surface area (Å²) in [6, 6.07) is 4.60. The van der Waals surface area contributed by atoms with E-state index in [2.05, 4.69) is 35.9 Å². The van der Waals surface area contributed by atoms with Gasteiger partial charge in [0.2, 0.25) is 11.7 Å². The van der Waals surface area contributed by atoms with E-state index in [-0.39, 0.29) is 12.4 Å². The molecule has 1 aromatic carbocycles. The maximum absolute atomic E-state index is 13.2. The van der Waals surface area contributed by atoms with Gasteiger partial charge in [0.1, 0.15) is 5.52 Å². The molecule has 0 fully saturated rings. The molecule has 11 heteroatoms. The first-order valence-corrected chi connectivity index (χ1v) is 9.43. The summed E-state index contributed by atoms with van der Waals surface area (Å²) in [6.07, 6.45) is -0.107. The van der Waals surface area contributed by atoms with Crippen LogP contribution in [0.25, 0.3) is 11.1 Å². The highest BCUT2D eigenvalue weighted by Gasteiger charge is 2.40. The average molecular weight is 464 g/mol. The van der Waals surface area contributed by atoms with Crippen LogP contribution in [0.4, 0.5) is 8.78 Å². The van der Waals surface area contributed by atoms with Gasteiger partial charge in [0.25, 0.3) is 12.3 Å². The summed E-state index contributed by atoms with van der Waals surface area (Å²) in [6.45, 7) is 0.238. The number of alkyl halides is 2. The molecule has 1 amide bonds. The number of carbonyl (C=O) groups excluding carboxylic acids is 1. The van der Waals surface area contributed by atoms with Gasteiger partial charge in [-0.15, -0.1) is 0 Å². The molecule has 0 spiro atoms. The number of rotatable bonds is 3. The van der Waals surface area contributed by atoms with E-state index in [9.17, 15) is 13.6 Å². The number of benzene rings is 1. The van der Waals surface area contributed by atoms with Crippen LogP contribution in [-0.4, -0.2) is 37.3 Å². The average Bonchev–Trinajstić information content (AvgIpc) is 3.44. The lowest BCUT2D eigenvalue weighted by molar-refractivity contribution is 0.0620. The molecule has 0 radical (unpaired) electrons. The Bertz CT molecular complexity index is 1220. The Kier molecular flexibility index (Phi) is 4.19. The van der Waals surface area contributed by atoms with Crippen molar-refractivity contribution in [2.24, 2.45) is 0 Å². The Hall–Kier alpha value is -3.08. The fourth-order valence-corrected chi connectivity index (χ4v) is 3.93. The van der Waals surface area contributed by atoms with Crippen molar-refractivity contribution in [3.63, 3.8) is 0 Å². The summed E-state index contributed by atoms with van der Waals surface area (Å²) in [5.41, 5.74) is 1.79. The SMILES string of the molecule is O=C(c1ocnc1C(F)F)N1CCc2[nH]cnc2[C@H]1c1nc2cccc(Br)c2o1. The van der Waals surface area contributed by atoms with E-state index in [4.69, 9.17) is 8.83 Å². The molecule has 8 nitrogen and oxygen atoms in total. The maximum Gasteiger partial charge on any atom is 0.292 e. The number of nitrogens with zero attached hydrogens (tertiary/aromatic N) is 4. The van der Waals surface area contributed by atoms with Gasteiger partial charge in [-0.05, 0) is 28.1 Å². The summed E-state index contributed by atoms with van der Waals surface area (Å²) in [5, 5.41) is 0. The molecule has 4 aromatic rings. The molecular formula is C18H12BrF2N5O3. The van der Waals surface area contributed by atoms with Gasteiger partial charge in [0.15, 0.2) is 23.7 Å². The molecule has 0 bridgehead atoms. The van der Waals surface area contributed by atoms with Crippen LogP contribution >= 0.6 is 15.9 Å². The van der Waals surface area contributed by atoms with Crippen molar-refractivity contribution in [3.05, 3.63) is 64.1 Å². The minimum atomic E-state index is -2.93. The van der Waals surface area contributed by atoms with E-state index >= 15 is 0 Å². The predicted molar refractivity (Wildman–Crippen MR) is 98.3 cm³/mol. The van der Waals surface area contributed by atoms with Crippen LogP contribution in [0.5, 0.6) is 0 Å². The van der Waals surface area contributed by atoms with Crippen LogP contribution < -0.4 is 0 Å². The molecule has 1 atom stereocenters. The lowest BCUT2D eigenvalue weighted by Gasteiger charge is -2.32. The van der Waals surface area contributed by atoms with Gasteiger partial charge in [0.05, 0.1) is 16.5 Å². The number of hydrogen-bond donors (Lipinski definition) is 1. The molecule has 1 aliphatic heterocycles. The number of carbonyl (C=O) groups is 1. The lowest BCUT2D eigenvalue weighted by Crippen LogP contribution is -2.41. The lowest BCUT2D eigenvalue weighted by atomic mass is 10.0. The molecule has 0 saturated carbocycles. The Morgan fingerprint density at radius 3 is 3.00 bits per heavy atom. The zero-order valence-corrected chi connectivity index (χ0v) is 16.2. The topological polar surface area (TPSA) is 101 Å². The molecule has 0 aliphatic carbocycles. The third-order valence-electron chi connectivity index (χ3n) is 4.80. The van der Waals surface area contributed by atoms with Gasteiger partial charge in [-0.1, -0.05) is 6.07 Å². The standard InChI is InChI=1S/C18H12BrF2N5O3/c19-8-2-1-3-10-14(8)29-17(25-10)13-11-9(22-6-23-11)4-5-26(13)18(27)15-12(16(20)21)24-7-28-15/h1-3,6-7,13,16H,4-5H2,(H,22,23)/t13-/m0/s1. The number of aromatic nitrogens is 4. The van der Waals surface area contributed by atoms with E-state index < -0.39 is 29.8 Å². The predicted octanol–water partition coefficient (Wildman–Crippen LogP) is 4.03. The zero-order valence-electron chi connectivity index (χ0n) is 14.6. The number of hydrogen-bond acceptors (Lipinski definition) is 6. The molecule has 5 rings (SSSR count). The highest BCUT2D eigenvalue weighted by atomic mass is 79.9. The molecule has 29 heavy (non-hydrogen) atoms. The number of imidazole rings is 1. The molecule has 0 saturated heterocycles. The summed E-state index contributed by atoms with van der Waals surface area (Å²) >= 11 is 3.42. The molecule has 1 N–H and O–H groups in total. The Balaban J connectivity index is 1.63. The number of oxazole rings is 2. The van der Waals surface area contributed by atoms with Crippen LogP contribution in [0.3, 0.4) is 0 Å². The van der Waals surface area contributed by atoms with Crippen molar-refractivity contribution in [3.8, 4) is 0 Å². The molecular weight excluding hydrogens is 452 g/mol. The van der Waals surface area contributed by atoms with E-state index in [0.717, 1.165) is 12.1 Å². The highest BCUT2D eigenvalue weighted by Crippen LogP contribution is 2.37. The van der Waals surface area contributed by atoms with Gasteiger partial charge >= 0.3 is 0 Å². The van der Waals surface area contributed by atoms with Crippen molar-refractivity contribution in [1.29, 1.82) is 0 Å². The smallest absolute Gasteiger partial charge is 0.292 e. The van der Waals surface area contributed by atoms with Crippen LogP contribution in [0, 0.1) is 0 Å². The van der Waals surface area contributed by atoms with E-state index in [1.54, 1.807) is 6.07 Å². The monoisotopic (exact) mass is 463 g/mol.